The fraction of sp³-hybridized carbons (Fsp3) is 0.696. The van der Waals surface area contributed by atoms with Crippen molar-refractivity contribution in [2.24, 2.45) is 0 Å². The zero-order valence-electron chi connectivity index (χ0n) is 20.0. The van der Waals surface area contributed by atoms with Crippen LogP contribution in [0.15, 0.2) is 12.7 Å². The third-order valence-electron chi connectivity index (χ3n) is 6.24. The van der Waals surface area contributed by atoms with Gasteiger partial charge in [-0.1, -0.05) is 26.8 Å². The molecule has 0 aromatic carbocycles. The van der Waals surface area contributed by atoms with Gasteiger partial charge in [-0.05, 0) is 25.3 Å². The maximum atomic E-state index is 11.9. The Morgan fingerprint density at radius 2 is 1.79 bits per heavy atom. The molecule has 3 rings (SSSR count). The lowest BCUT2D eigenvalue weighted by Crippen LogP contribution is -2.49. The average Bonchev–Trinajstić information content (AvgIpc) is 2.83. The van der Waals surface area contributed by atoms with Crippen molar-refractivity contribution in [1.29, 1.82) is 0 Å². The van der Waals surface area contributed by atoms with E-state index in [4.69, 9.17) is 14.7 Å². The second kappa shape index (κ2) is 11.8. The molecule has 0 saturated carbocycles. The summed E-state index contributed by atoms with van der Waals surface area (Å²) < 4.78 is 29.1. The Balaban J connectivity index is 1.64. The first kappa shape index (κ1) is 25.4. The van der Waals surface area contributed by atoms with E-state index in [2.05, 4.69) is 30.2 Å². The minimum atomic E-state index is -2.86. The third kappa shape index (κ3) is 6.89. The Morgan fingerprint density at radius 1 is 1.09 bits per heavy atom. The van der Waals surface area contributed by atoms with Crippen LogP contribution >= 0.6 is 0 Å². The summed E-state index contributed by atoms with van der Waals surface area (Å²) in [5.74, 6) is 1.37. The molecule has 2 saturated heterocycles. The molecule has 0 unspecified atom stereocenters. The molecule has 0 bridgehead atoms. The van der Waals surface area contributed by atoms with Crippen molar-refractivity contribution in [2.75, 3.05) is 68.8 Å². The van der Waals surface area contributed by atoms with E-state index in [1.165, 1.54) is 11.6 Å². The standard InChI is InChI=1S/C23H37N5O4S/c1-4-8-19-20(5-2)24-23(32-16-7-9-26-14-17-33(30,31)18-15-26)25-22(19)28-12-10-27(11-13-28)21(29)6-3/h6H,3-5,7-18H2,1-2H3. The first-order chi connectivity index (χ1) is 15.9. The minimum absolute atomic E-state index is 0.0318. The smallest absolute Gasteiger partial charge is 0.318 e. The van der Waals surface area contributed by atoms with Crippen molar-refractivity contribution in [3.63, 3.8) is 0 Å². The van der Waals surface area contributed by atoms with Crippen LogP contribution in [0, 0.1) is 0 Å². The molecule has 1 amide bonds. The molecule has 3 heterocycles. The molecule has 0 N–H and O–H groups in total. The van der Waals surface area contributed by atoms with E-state index in [0.717, 1.165) is 43.7 Å². The molecule has 0 aliphatic carbocycles. The zero-order chi connectivity index (χ0) is 23.8. The minimum Gasteiger partial charge on any atom is -0.463 e. The molecule has 0 atom stereocenters. The van der Waals surface area contributed by atoms with E-state index in [0.29, 0.717) is 51.9 Å². The van der Waals surface area contributed by atoms with Crippen LogP contribution in [0.3, 0.4) is 0 Å². The van der Waals surface area contributed by atoms with Gasteiger partial charge >= 0.3 is 6.01 Å². The second-order valence-electron chi connectivity index (χ2n) is 8.57. The Kier molecular flexibility index (Phi) is 9.08. The SMILES string of the molecule is C=CC(=O)N1CCN(c2nc(OCCCN3CCS(=O)(=O)CC3)nc(CC)c2CCC)CC1. The Bertz CT molecular complexity index is 915. The average molecular weight is 480 g/mol. The summed E-state index contributed by atoms with van der Waals surface area (Å²) >= 11 is 0. The molecule has 2 aliphatic heterocycles. The first-order valence-corrected chi connectivity index (χ1v) is 13.8. The van der Waals surface area contributed by atoms with Gasteiger partial charge in [0.1, 0.15) is 5.82 Å². The van der Waals surface area contributed by atoms with Crippen LogP contribution in [0.2, 0.25) is 0 Å². The van der Waals surface area contributed by atoms with Gasteiger partial charge in [-0.15, -0.1) is 0 Å². The molecule has 0 radical (unpaired) electrons. The van der Waals surface area contributed by atoms with Crippen molar-refractivity contribution < 1.29 is 17.9 Å². The Hall–Kier alpha value is -2.20. The van der Waals surface area contributed by atoms with E-state index in [1.54, 1.807) is 0 Å². The largest absolute Gasteiger partial charge is 0.463 e. The summed E-state index contributed by atoms with van der Waals surface area (Å²) in [6, 6.07) is 0.396. The van der Waals surface area contributed by atoms with Gasteiger partial charge in [-0.25, -0.2) is 8.42 Å². The number of carbonyl (C=O) groups is 1. The molecule has 1 aromatic rings. The normalized spacial score (nSPS) is 18.8. The zero-order valence-corrected chi connectivity index (χ0v) is 20.8. The number of hydrogen-bond acceptors (Lipinski definition) is 8. The molecular formula is C23H37N5O4S. The highest BCUT2D eigenvalue weighted by atomic mass is 32.2. The van der Waals surface area contributed by atoms with Crippen LogP contribution in [0.1, 0.15) is 37.9 Å². The lowest BCUT2D eigenvalue weighted by Gasteiger charge is -2.36. The Labute approximate surface area is 197 Å². The predicted octanol–water partition coefficient (Wildman–Crippen LogP) is 1.33. The molecule has 2 aliphatic rings. The molecule has 184 valence electrons. The number of amides is 1. The Morgan fingerprint density at radius 3 is 2.39 bits per heavy atom. The summed E-state index contributed by atoms with van der Waals surface area (Å²) in [6.45, 7) is 13.0. The van der Waals surface area contributed by atoms with E-state index in [1.807, 2.05) is 4.90 Å². The van der Waals surface area contributed by atoms with Crippen LogP contribution in [0.25, 0.3) is 0 Å². The number of anilines is 1. The molecule has 33 heavy (non-hydrogen) atoms. The van der Waals surface area contributed by atoms with Gasteiger partial charge in [0.15, 0.2) is 9.84 Å². The maximum Gasteiger partial charge on any atom is 0.318 e. The van der Waals surface area contributed by atoms with E-state index >= 15 is 0 Å². The molecule has 2 fully saturated rings. The summed E-state index contributed by atoms with van der Waals surface area (Å²) in [7, 11) is -2.86. The van der Waals surface area contributed by atoms with Crippen LogP contribution in [0.4, 0.5) is 5.82 Å². The molecule has 0 spiro atoms. The van der Waals surface area contributed by atoms with Gasteiger partial charge < -0.3 is 19.4 Å². The predicted molar refractivity (Wildman–Crippen MR) is 130 cm³/mol. The molecule has 1 aromatic heterocycles. The second-order valence-corrected chi connectivity index (χ2v) is 10.9. The lowest BCUT2D eigenvalue weighted by molar-refractivity contribution is -0.126. The van der Waals surface area contributed by atoms with Crippen LogP contribution in [-0.4, -0.2) is 98.0 Å². The quantitative estimate of drug-likeness (QED) is 0.366. The van der Waals surface area contributed by atoms with Gasteiger partial charge in [-0.2, -0.15) is 9.97 Å². The highest BCUT2D eigenvalue weighted by Gasteiger charge is 2.25. The number of aromatic nitrogens is 2. The van der Waals surface area contributed by atoms with Crippen LogP contribution < -0.4 is 9.64 Å². The third-order valence-corrected chi connectivity index (χ3v) is 7.85. The number of sulfone groups is 1. The monoisotopic (exact) mass is 479 g/mol. The van der Waals surface area contributed by atoms with Crippen molar-refractivity contribution >= 4 is 21.6 Å². The number of aryl methyl sites for hydroxylation is 1. The van der Waals surface area contributed by atoms with E-state index in [-0.39, 0.29) is 17.4 Å². The number of piperazine rings is 1. The first-order valence-electron chi connectivity index (χ1n) is 12.0. The van der Waals surface area contributed by atoms with Crippen molar-refractivity contribution in [1.82, 2.24) is 19.8 Å². The summed E-state index contributed by atoms with van der Waals surface area (Å²) in [5.41, 5.74) is 2.19. The van der Waals surface area contributed by atoms with Gasteiger partial charge in [0.05, 0.1) is 23.8 Å². The summed E-state index contributed by atoms with van der Waals surface area (Å²) in [5, 5.41) is 0. The number of rotatable bonds is 10. The highest BCUT2D eigenvalue weighted by molar-refractivity contribution is 7.91. The van der Waals surface area contributed by atoms with E-state index < -0.39 is 9.84 Å². The van der Waals surface area contributed by atoms with E-state index in [9.17, 15) is 13.2 Å². The van der Waals surface area contributed by atoms with Gasteiger partial charge in [0, 0.05) is 51.4 Å². The summed E-state index contributed by atoms with van der Waals surface area (Å²) in [4.78, 5) is 27.6. The van der Waals surface area contributed by atoms with Gasteiger partial charge in [0.25, 0.3) is 0 Å². The van der Waals surface area contributed by atoms with Gasteiger partial charge in [-0.3, -0.25) is 4.79 Å². The number of ether oxygens (including phenoxy) is 1. The fourth-order valence-corrected chi connectivity index (χ4v) is 5.59. The molecule has 9 nitrogen and oxygen atoms in total. The highest BCUT2D eigenvalue weighted by Crippen LogP contribution is 2.27. The van der Waals surface area contributed by atoms with Crippen LogP contribution in [-0.2, 0) is 27.5 Å². The molecule has 10 heteroatoms. The number of nitrogens with zero attached hydrogens (tertiary/aromatic N) is 5. The van der Waals surface area contributed by atoms with Crippen molar-refractivity contribution in [3.05, 3.63) is 23.9 Å². The number of hydrogen-bond donors (Lipinski definition) is 0. The fourth-order valence-electron chi connectivity index (χ4n) is 4.31. The topological polar surface area (TPSA) is 95.9 Å². The number of carbonyl (C=O) groups excluding carboxylic acids is 1. The van der Waals surface area contributed by atoms with Crippen molar-refractivity contribution in [3.8, 4) is 6.01 Å². The summed E-state index contributed by atoms with van der Waals surface area (Å²) in [6.07, 6.45) is 4.87. The lowest BCUT2D eigenvalue weighted by atomic mass is 10.1. The van der Waals surface area contributed by atoms with Gasteiger partial charge in [0.2, 0.25) is 5.91 Å². The van der Waals surface area contributed by atoms with Crippen LogP contribution in [0.5, 0.6) is 6.01 Å². The molecular weight excluding hydrogens is 442 g/mol. The maximum absolute atomic E-state index is 11.9. The van der Waals surface area contributed by atoms with Crippen molar-refractivity contribution in [2.45, 2.75) is 39.5 Å².